The molecule has 5 nitrogen and oxygen atoms in total. The molecule has 3 rings (SSSR count). The summed E-state index contributed by atoms with van der Waals surface area (Å²) in [7, 11) is 0. The van der Waals surface area contributed by atoms with Gasteiger partial charge in [0.2, 0.25) is 0 Å². The molecule has 1 aliphatic rings. The molecular formula is C22H22ClNO4. The van der Waals surface area contributed by atoms with E-state index >= 15 is 0 Å². The second kappa shape index (κ2) is 9.02. The van der Waals surface area contributed by atoms with Gasteiger partial charge in [-0.15, -0.1) is 0 Å². The van der Waals surface area contributed by atoms with E-state index < -0.39 is 5.97 Å². The minimum absolute atomic E-state index is 0.141. The second-order valence-electron chi connectivity index (χ2n) is 6.89. The first-order chi connectivity index (χ1) is 13.5. The fourth-order valence-electron chi connectivity index (χ4n) is 3.37. The first kappa shape index (κ1) is 20.1. The van der Waals surface area contributed by atoms with Crippen molar-refractivity contribution in [3.8, 4) is 0 Å². The summed E-state index contributed by atoms with van der Waals surface area (Å²) in [5.74, 6) is -1.20. The van der Waals surface area contributed by atoms with Crippen LogP contribution in [-0.4, -0.2) is 41.8 Å². The molecule has 0 saturated carbocycles. The lowest BCUT2D eigenvalue weighted by Gasteiger charge is -2.33. The van der Waals surface area contributed by atoms with Crippen LogP contribution in [0.3, 0.4) is 0 Å². The molecule has 2 aromatic carbocycles. The van der Waals surface area contributed by atoms with Crippen LogP contribution in [0.15, 0.2) is 48.5 Å². The number of likely N-dealkylation sites (tertiary alicyclic amines) is 1. The van der Waals surface area contributed by atoms with Gasteiger partial charge in [-0.1, -0.05) is 29.8 Å². The lowest BCUT2D eigenvalue weighted by molar-refractivity contribution is -0.137. The Morgan fingerprint density at radius 3 is 2.39 bits per heavy atom. The standard InChI is InChI=1S/C22H22ClNO4/c1-15-6-4-5-13-24(15)20(25)14-28-22(27)19-8-3-2-7-18(19)21(26)16-9-11-17(23)12-10-16/h2-3,7-12,15H,4-6,13-14H2,1H3. The molecule has 1 unspecified atom stereocenters. The van der Waals surface area contributed by atoms with Gasteiger partial charge in [-0.05, 0) is 56.5 Å². The van der Waals surface area contributed by atoms with Gasteiger partial charge in [-0.25, -0.2) is 4.79 Å². The molecule has 0 aromatic heterocycles. The molecular weight excluding hydrogens is 378 g/mol. The van der Waals surface area contributed by atoms with Gasteiger partial charge < -0.3 is 9.64 Å². The number of halogens is 1. The average molecular weight is 400 g/mol. The summed E-state index contributed by atoms with van der Waals surface area (Å²) in [6.45, 7) is 2.36. The summed E-state index contributed by atoms with van der Waals surface area (Å²) < 4.78 is 5.23. The number of benzene rings is 2. The highest BCUT2D eigenvalue weighted by atomic mass is 35.5. The van der Waals surface area contributed by atoms with Crippen LogP contribution in [-0.2, 0) is 9.53 Å². The zero-order valence-electron chi connectivity index (χ0n) is 15.7. The van der Waals surface area contributed by atoms with Gasteiger partial charge in [0.1, 0.15) is 0 Å². The van der Waals surface area contributed by atoms with Crippen LogP contribution >= 0.6 is 11.6 Å². The third-order valence-electron chi connectivity index (χ3n) is 4.95. The first-order valence-corrected chi connectivity index (χ1v) is 9.71. The number of ether oxygens (including phenoxy) is 1. The molecule has 1 saturated heterocycles. The summed E-state index contributed by atoms with van der Waals surface area (Å²) in [5, 5.41) is 0.523. The van der Waals surface area contributed by atoms with Gasteiger partial charge in [0.25, 0.3) is 5.91 Å². The predicted molar refractivity (Wildman–Crippen MR) is 107 cm³/mol. The average Bonchev–Trinajstić information content (AvgIpc) is 2.72. The van der Waals surface area contributed by atoms with E-state index in [0.717, 1.165) is 19.3 Å². The lowest BCUT2D eigenvalue weighted by Crippen LogP contribution is -2.44. The molecule has 6 heteroatoms. The van der Waals surface area contributed by atoms with Crippen molar-refractivity contribution in [2.75, 3.05) is 13.2 Å². The number of nitrogens with zero attached hydrogens (tertiary/aromatic N) is 1. The molecule has 0 aliphatic carbocycles. The van der Waals surface area contributed by atoms with Crippen molar-refractivity contribution in [1.82, 2.24) is 4.90 Å². The van der Waals surface area contributed by atoms with E-state index in [0.29, 0.717) is 17.1 Å². The van der Waals surface area contributed by atoms with Gasteiger partial charge in [-0.3, -0.25) is 9.59 Å². The van der Waals surface area contributed by atoms with Crippen molar-refractivity contribution in [1.29, 1.82) is 0 Å². The SMILES string of the molecule is CC1CCCCN1C(=O)COC(=O)c1ccccc1C(=O)c1ccc(Cl)cc1. The number of piperidine rings is 1. The number of hydrogen-bond donors (Lipinski definition) is 0. The number of hydrogen-bond acceptors (Lipinski definition) is 4. The van der Waals surface area contributed by atoms with Gasteiger partial charge in [0.15, 0.2) is 12.4 Å². The third-order valence-corrected chi connectivity index (χ3v) is 5.20. The number of ketones is 1. The summed E-state index contributed by atoms with van der Waals surface area (Å²) >= 11 is 5.87. The molecule has 28 heavy (non-hydrogen) atoms. The Kier molecular flexibility index (Phi) is 6.47. The van der Waals surface area contributed by atoms with Gasteiger partial charge in [-0.2, -0.15) is 0 Å². The number of rotatable bonds is 5. The van der Waals surface area contributed by atoms with Crippen molar-refractivity contribution in [3.05, 3.63) is 70.2 Å². The third kappa shape index (κ3) is 4.60. The molecule has 2 aromatic rings. The van der Waals surface area contributed by atoms with Crippen LogP contribution in [0.25, 0.3) is 0 Å². The maximum atomic E-state index is 12.8. The zero-order chi connectivity index (χ0) is 20.1. The maximum Gasteiger partial charge on any atom is 0.339 e. The van der Waals surface area contributed by atoms with E-state index in [1.165, 1.54) is 6.07 Å². The number of carbonyl (C=O) groups is 3. The highest BCUT2D eigenvalue weighted by molar-refractivity contribution is 6.30. The molecule has 1 fully saturated rings. The normalized spacial score (nSPS) is 16.5. The molecule has 0 bridgehead atoms. The van der Waals surface area contributed by atoms with E-state index in [2.05, 4.69) is 0 Å². The Morgan fingerprint density at radius 1 is 1.04 bits per heavy atom. The van der Waals surface area contributed by atoms with Crippen LogP contribution in [0.4, 0.5) is 0 Å². The minimum atomic E-state index is -0.684. The molecule has 1 aliphatic heterocycles. The Bertz CT molecular complexity index is 878. The Labute approximate surface area is 169 Å². The van der Waals surface area contributed by atoms with Gasteiger partial charge >= 0.3 is 5.97 Å². The van der Waals surface area contributed by atoms with Crippen LogP contribution in [0, 0.1) is 0 Å². The molecule has 1 atom stereocenters. The van der Waals surface area contributed by atoms with Gasteiger partial charge in [0.05, 0.1) is 5.56 Å². The van der Waals surface area contributed by atoms with Crippen molar-refractivity contribution in [2.24, 2.45) is 0 Å². The Morgan fingerprint density at radius 2 is 1.71 bits per heavy atom. The minimum Gasteiger partial charge on any atom is -0.452 e. The van der Waals surface area contributed by atoms with Crippen molar-refractivity contribution < 1.29 is 19.1 Å². The summed E-state index contributed by atoms with van der Waals surface area (Å²) in [6, 6.07) is 13.0. The molecule has 146 valence electrons. The fourth-order valence-corrected chi connectivity index (χ4v) is 3.50. The van der Waals surface area contributed by atoms with Crippen molar-refractivity contribution >= 4 is 29.3 Å². The molecule has 0 N–H and O–H groups in total. The molecule has 1 amide bonds. The quantitative estimate of drug-likeness (QED) is 0.560. The smallest absolute Gasteiger partial charge is 0.339 e. The van der Waals surface area contributed by atoms with Crippen LogP contribution in [0.1, 0.15) is 52.5 Å². The Balaban J connectivity index is 1.71. The first-order valence-electron chi connectivity index (χ1n) is 9.33. The largest absolute Gasteiger partial charge is 0.452 e. The highest BCUT2D eigenvalue weighted by Crippen LogP contribution is 2.19. The maximum absolute atomic E-state index is 12.8. The van der Waals surface area contributed by atoms with Crippen molar-refractivity contribution in [3.63, 3.8) is 0 Å². The van der Waals surface area contributed by atoms with Gasteiger partial charge in [0, 0.05) is 28.7 Å². The summed E-state index contributed by atoms with van der Waals surface area (Å²) in [4.78, 5) is 39.5. The van der Waals surface area contributed by atoms with Crippen molar-refractivity contribution in [2.45, 2.75) is 32.2 Å². The monoisotopic (exact) mass is 399 g/mol. The van der Waals surface area contributed by atoms with E-state index in [9.17, 15) is 14.4 Å². The summed E-state index contributed by atoms with van der Waals surface area (Å²) in [6.07, 6.45) is 3.02. The number of esters is 1. The van der Waals surface area contributed by atoms with Crippen LogP contribution < -0.4 is 0 Å². The fraction of sp³-hybridized carbons (Fsp3) is 0.318. The van der Waals surface area contributed by atoms with E-state index in [-0.39, 0.29) is 35.5 Å². The molecule has 0 spiro atoms. The van der Waals surface area contributed by atoms with E-state index in [4.69, 9.17) is 16.3 Å². The number of carbonyl (C=O) groups excluding carboxylic acids is 3. The van der Waals surface area contributed by atoms with E-state index in [1.54, 1.807) is 47.4 Å². The van der Waals surface area contributed by atoms with Crippen LogP contribution in [0.2, 0.25) is 5.02 Å². The molecule has 0 radical (unpaired) electrons. The topological polar surface area (TPSA) is 63.7 Å². The zero-order valence-corrected chi connectivity index (χ0v) is 16.4. The highest BCUT2D eigenvalue weighted by Gasteiger charge is 2.25. The number of amides is 1. The Hall–Kier alpha value is -2.66. The van der Waals surface area contributed by atoms with Crippen LogP contribution in [0.5, 0.6) is 0 Å². The molecule has 1 heterocycles. The predicted octanol–water partition coefficient (Wildman–Crippen LogP) is 4.13. The summed E-state index contributed by atoms with van der Waals surface area (Å²) in [5.41, 5.74) is 0.790. The second-order valence-corrected chi connectivity index (χ2v) is 7.33. The van der Waals surface area contributed by atoms with E-state index in [1.807, 2.05) is 6.92 Å². The lowest BCUT2D eigenvalue weighted by atomic mass is 9.98.